The Balaban J connectivity index is 1.75. The number of rotatable bonds is 12. The number of ether oxygens (including phenoxy) is 2. The van der Waals surface area contributed by atoms with Crippen LogP contribution in [0, 0.1) is 0 Å². The number of fused-ring (bicyclic) bond motifs is 1. The number of halogens is 1. The van der Waals surface area contributed by atoms with Crippen LogP contribution in [0.15, 0.2) is 72.8 Å². The highest BCUT2D eigenvalue weighted by Crippen LogP contribution is 2.35. The number of hydrogen-bond donors (Lipinski definition) is 1. The van der Waals surface area contributed by atoms with E-state index in [2.05, 4.69) is 5.32 Å². The zero-order valence-electron chi connectivity index (χ0n) is 24.0. The second kappa shape index (κ2) is 13.9. The summed E-state index contributed by atoms with van der Waals surface area (Å²) in [6.07, 6.45) is 0.232. The van der Waals surface area contributed by atoms with Crippen LogP contribution in [0.5, 0.6) is 11.5 Å². The maximum atomic E-state index is 14.2. The number of carbonyl (C=O) groups is 2. The molecule has 1 atom stereocenters. The normalized spacial score (nSPS) is 13.4. The maximum Gasteiger partial charge on any atom is 0.244 e. The minimum absolute atomic E-state index is 0.0452. The molecule has 1 aliphatic heterocycles. The highest BCUT2D eigenvalue weighted by atomic mass is 35.5. The number of hydrogen-bond acceptors (Lipinski definition) is 6. The lowest BCUT2D eigenvalue weighted by Crippen LogP contribution is -2.54. The van der Waals surface area contributed by atoms with Gasteiger partial charge < -0.3 is 19.7 Å². The summed E-state index contributed by atoms with van der Waals surface area (Å²) in [4.78, 5) is 29.3. The van der Waals surface area contributed by atoms with Crippen LogP contribution >= 0.6 is 11.6 Å². The van der Waals surface area contributed by atoms with E-state index in [0.717, 1.165) is 9.87 Å². The van der Waals surface area contributed by atoms with Gasteiger partial charge in [0.15, 0.2) is 11.5 Å². The van der Waals surface area contributed by atoms with Gasteiger partial charge in [-0.25, -0.2) is 8.42 Å². The highest BCUT2D eigenvalue weighted by Gasteiger charge is 2.34. The van der Waals surface area contributed by atoms with Crippen LogP contribution in [0.4, 0.5) is 5.69 Å². The van der Waals surface area contributed by atoms with Crippen molar-refractivity contribution in [2.24, 2.45) is 0 Å². The minimum Gasteiger partial charge on any atom is -0.486 e. The Bertz CT molecular complexity index is 1500. The Kier molecular flexibility index (Phi) is 10.3. The third-order valence-electron chi connectivity index (χ3n) is 6.74. The fourth-order valence-electron chi connectivity index (χ4n) is 4.67. The van der Waals surface area contributed by atoms with Crippen LogP contribution in [0.25, 0.3) is 0 Å². The molecule has 1 aliphatic rings. The Morgan fingerprint density at radius 2 is 1.62 bits per heavy atom. The Hall–Kier alpha value is -3.76. The topological polar surface area (TPSA) is 105 Å². The third-order valence-corrected chi connectivity index (χ3v) is 8.71. The van der Waals surface area contributed by atoms with Gasteiger partial charge in [0.1, 0.15) is 25.8 Å². The predicted molar refractivity (Wildman–Crippen MR) is 163 cm³/mol. The number of sulfonamides is 1. The predicted octanol–water partition coefficient (Wildman–Crippen LogP) is 4.43. The first-order valence-electron chi connectivity index (χ1n) is 13.9. The largest absolute Gasteiger partial charge is 0.486 e. The molecule has 0 saturated heterocycles. The van der Waals surface area contributed by atoms with E-state index in [-0.39, 0.29) is 36.4 Å². The molecule has 1 unspecified atom stereocenters. The van der Waals surface area contributed by atoms with Gasteiger partial charge in [-0.2, -0.15) is 0 Å². The van der Waals surface area contributed by atoms with E-state index in [0.29, 0.717) is 35.3 Å². The molecule has 9 nitrogen and oxygen atoms in total. The summed E-state index contributed by atoms with van der Waals surface area (Å²) in [6.45, 7) is 5.45. The fourth-order valence-corrected chi connectivity index (χ4v) is 5.94. The Morgan fingerprint density at radius 1 is 0.929 bits per heavy atom. The zero-order valence-corrected chi connectivity index (χ0v) is 25.5. The second-order valence-corrected chi connectivity index (χ2v) is 12.9. The number of nitrogens with zero attached hydrogens (tertiary/aromatic N) is 2. The highest BCUT2D eigenvalue weighted by molar-refractivity contribution is 7.92. The molecular formula is C31H36ClN3O6S. The van der Waals surface area contributed by atoms with Gasteiger partial charge in [0.2, 0.25) is 21.8 Å². The standard InChI is InChI=1S/C31H36ClN3O6S/c1-4-42(38,39)35(26-13-14-28-29(19-26)41-16-15-40-28)21-30(36)34(20-24-11-8-12-25(32)17-24)27(31(37)33-22(2)3)18-23-9-6-5-7-10-23/h5-14,17,19,22,27H,4,15-16,18,20-21H2,1-3H3,(H,33,37). The van der Waals surface area contributed by atoms with Crippen LogP contribution < -0.4 is 19.1 Å². The number of carbonyl (C=O) groups excluding carboxylic acids is 2. The van der Waals surface area contributed by atoms with E-state index < -0.39 is 28.5 Å². The second-order valence-electron chi connectivity index (χ2n) is 10.3. The van der Waals surface area contributed by atoms with Crippen LogP contribution in [-0.2, 0) is 32.6 Å². The first-order valence-corrected chi connectivity index (χ1v) is 15.8. The lowest BCUT2D eigenvalue weighted by molar-refractivity contribution is -0.140. The van der Waals surface area contributed by atoms with Gasteiger partial charge in [0, 0.05) is 30.1 Å². The molecule has 0 fully saturated rings. The molecule has 1 N–H and O–H groups in total. The Morgan fingerprint density at radius 3 is 2.29 bits per heavy atom. The molecule has 2 amide bonds. The summed E-state index contributed by atoms with van der Waals surface area (Å²) in [5.74, 6) is -0.211. The van der Waals surface area contributed by atoms with Crippen LogP contribution in [0.2, 0.25) is 5.02 Å². The van der Waals surface area contributed by atoms with E-state index in [1.165, 1.54) is 11.8 Å². The van der Waals surface area contributed by atoms with E-state index >= 15 is 0 Å². The zero-order chi connectivity index (χ0) is 30.3. The first kappa shape index (κ1) is 31.2. The Labute approximate surface area is 252 Å². The van der Waals surface area contributed by atoms with Crippen molar-refractivity contribution in [3.8, 4) is 11.5 Å². The summed E-state index contributed by atoms with van der Waals surface area (Å²) in [5, 5.41) is 3.42. The maximum absolute atomic E-state index is 14.2. The van der Waals surface area contributed by atoms with Gasteiger partial charge in [0.05, 0.1) is 11.4 Å². The number of benzene rings is 3. The van der Waals surface area contributed by atoms with Gasteiger partial charge >= 0.3 is 0 Å². The minimum atomic E-state index is -3.90. The van der Waals surface area contributed by atoms with Gasteiger partial charge in [-0.05, 0) is 56.2 Å². The molecule has 0 aromatic heterocycles. The molecule has 0 saturated carbocycles. The molecule has 224 valence electrons. The van der Waals surface area contributed by atoms with Crippen molar-refractivity contribution in [3.05, 3.63) is 88.9 Å². The SMILES string of the molecule is CCS(=O)(=O)N(CC(=O)N(Cc1cccc(Cl)c1)C(Cc1ccccc1)C(=O)NC(C)C)c1ccc2c(c1)OCCO2. The molecule has 0 radical (unpaired) electrons. The van der Waals surface area contributed by atoms with E-state index in [1.54, 1.807) is 36.4 Å². The summed E-state index contributed by atoms with van der Waals surface area (Å²) >= 11 is 6.26. The summed E-state index contributed by atoms with van der Waals surface area (Å²) in [5.41, 5.74) is 1.83. The lowest BCUT2D eigenvalue weighted by Gasteiger charge is -2.34. The molecule has 0 aliphatic carbocycles. The monoisotopic (exact) mass is 613 g/mol. The molecular weight excluding hydrogens is 578 g/mol. The quantitative estimate of drug-likeness (QED) is 0.324. The van der Waals surface area contributed by atoms with E-state index in [1.807, 2.05) is 50.2 Å². The van der Waals surface area contributed by atoms with Crippen molar-refractivity contribution in [3.63, 3.8) is 0 Å². The molecule has 3 aromatic carbocycles. The van der Waals surface area contributed by atoms with Crippen molar-refractivity contribution < 1.29 is 27.5 Å². The molecule has 4 rings (SSSR count). The smallest absolute Gasteiger partial charge is 0.244 e. The van der Waals surface area contributed by atoms with Gasteiger partial charge in [-0.1, -0.05) is 54.1 Å². The van der Waals surface area contributed by atoms with E-state index in [4.69, 9.17) is 21.1 Å². The summed E-state index contributed by atoms with van der Waals surface area (Å²) in [7, 11) is -3.90. The van der Waals surface area contributed by atoms with Crippen molar-refractivity contribution in [1.82, 2.24) is 10.2 Å². The average Bonchev–Trinajstić information content (AvgIpc) is 2.97. The number of anilines is 1. The van der Waals surface area contributed by atoms with Gasteiger partial charge in [-0.3, -0.25) is 13.9 Å². The molecule has 1 heterocycles. The molecule has 42 heavy (non-hydrogen) atoms. The molecule has 3 aromatic rings. The average molecular weight is 614 g/mol. The molecule has 11 heteroatoms. The third kappa shape index (κ3) is 7.95. The van der Waals surface area contributed by atoms with Crippen molar-refractivity contribution in [1.29, 1.82) is 0 Å². The van der Waals surface area contributed by atoms with Crippen LogP contribution in [-0.4, -0.2) is 62.7 Å². The fraction of sp³-hybridized carbons (Fsp3) is 0.355. The molecule has 0 spiro atoms. The van der Waals surface area contributed by atoms with Gasteiger partial charge in [0.25, 0.3) is 0 Å². The summed E-state index contributed by atoms with van der Waals surface area (Å²) < 4.78 is 39.0. The van der Waals surface area contributed by atoms with E-state index in [9.17, 15) is 18.0 Å². The van der Waals surface area contributed by atoms with Crippen LogP contribution in [0.1, 0.15) is 31.9 Å². The van der Waals surface area contributed by atoms with Crippen molar-refractivity contribution >= 4 is 39.1 Å². The number of amides is 2. The van der Waals surface area contributed by atoms with Crippen molar-refractivity contribution in [2.45, 2.75) is 45.8 Å². The lowest BCUT2D eigenvalue weighted by atomic mass is 10.0. The van der Waals surface area contributed by atoms with Crippen molar-refractivity contribution in [2.75, 3.05) is 29.8 Å². The molecule has 0 bridgehead atoms. The van der Waals surface area contributed by atoms with Crippen LogP contribution in [0.3, 0.4) is 0 Å². The van der Waals surface area contributed by atoms with Gasteiger partial charge in [-0.15, -0.1) is 0 Å². The summed E-state index contributed by atoms with van der Waals surface area (Å²) in [6, 6.07) is 20.1. The number of nitrogens with one attached hydrogen (secondary N) is 1. The first-order chi connectivity index (χ1) is 20.1.